The molecule has 0 unspecified atom stereocenters. The van der Waals surface area contributed by atoms with Gasteiger partial charge in [0.1, 0.15) is 11.5 Å². The molecule has 2 aromatic heterocycles. The second-order valence-corrected chi connectivity index (χ2v) is 5.06. The average Bonchev–Trinajstić information content (AvgIpc) is 2.95. The molecule has 5 nitrogen and oxygen atoms in total. The summed E-state index contributed by atoms with van der Waals surface area (Å²) in [6, 6.07) is 6.35. The van der Waals surface area contributed by atoms with E-state index in [4.69, 9.17) is 5.73 Å². The van der Waals surface area contributed by atoms with Crippen molar-refractivity contribution in [2.75, 3.05) is 5.73 Å². The first-order valence-electron chi connectivity index (χ1n) is 6.61. The number of benzene rings is 1. The highest BCUT2D eigenvalue weighted by molar-refractivity contribution is 5.73. The standard InChI is InChI=1S/C15H16FN5/c1-10-13(8-20(2)18-10)15-14(17)9-21(19-15)7-11-3-5-12(16)6-4-11/h3-6,8-9H,7,17H2,1-2H3. The number of nitrogens with zero attached hydrogens (tertiary/aromatic N) is 4. The van der Waals surface area contributed by atoms with Gasteiger partial charge in [0.15, 0.2) is 0 Å². The van der Waals surface area contributed by atoms with Crippen LogP contribution in [-0.4, -0.2) is 19.6 Å². The maximum atomic E-state index is 12.9. The minimum Gasteiger partial charge on any atom is -0.396 e. The van der Waals surface area contributed by atoms with Gasteiger partial charge in [-0.2, -0.15) is 10.2 Å². The van der Waals surface area contributed by atoms with Crippen molar-refractivity contribution < 1.29 is 4.39 Å². The van der Waals surface area contributed by atoms with Gasteiger partial charge in [-0.1, -0.05) is 12.1 Å². The van der Waals surface area contributed by atoms with Gasteiger partial charge in [0, 0.05) is 25.0 Å². The molecule has 3 aromatic rings. The van der Waals surface area contributed by atoms with E-state index in [1.54, 1.807) is 27.7 Å². The minimum atomic E-state index is -0.245. The molecule has 2 heterocycles. The Balaban J connectivity index is 1.91. The molecular formula is C15H16FN5. The molecule has 21 heavy (non-hydrogen) atoms. The highest BCUT2D eigenvalue weighted by Crippen LogP contribution is 2.26. The Morgan fingerprint density at radius 2 is 1.86 bits per heavy atom. The fourth-order valence-corrected chi connectivity index (χ4v) is 2.34. The van der Waals surface area contributed by atoms with Gasteiger partial charge in [-0.15, -0.1) is 0 Å². The summed E-state index contributed by atoms with van der Waals surface area (Å²) in [4.78, 5) is 0. The van der Waals surface area contributed by atoms with E-state index in [2.05, 4.69) is 10.2 Å². The molecule has 0 saturated carbocycles. The third-order valence-corrected chi connectivity index (χ3v) is 3.32. The van der Waals surface area contributed by atoms with Crippen LogP contribution in [0.4, 0.5) is 10.1 Å². The molecule has 0 aliphatic rings. The zero-order valence-electron chi connectivity index (χ0n) is 11.9. The maximum Gasteiger partial charge on any atom is 0.123 e. The first-order valence-corrected chi connectivity index (χ1v) is 6.61. The zero-order chi connectivity index (χ0) is 15.0. The molecule has 108 valence electrons. The highest BCUT2D eigenvalue weighted by atomic mass is 19.1. The van der Waals surface area contributed by atoms with Crippen LogP contribution in [0.5, 0.6) is 0 Å². The summed E-state index contributed by atoms with van der Waals surface area (Å²) in [6.07, 6.45) is 3.68. The molecule has 1 aromatic carbocycles. The van der Waals surface area contributed by atoms with Crippen molar-refractivity contribution in [2.45, 2.75) is 13.5 Å². The van der Waals surface area contributed by atoms with E-state index in [1.165, 1.54) is 12.1 Å². The van der Waals surface area contributed by atoms with E-state index in [9.17, 15) is 4.39 Å². The lowest BCUT2D eigenvalue weighted by Crippen LogP contribution is -2.00. The molecule has 0 radical (unpaired) electrons. The summed E-state index contributed by atoms with van der Waals surface area (Å²) in [5, 5.41) is 8.82. The summed E-state index contributed by atoms with van der Waals surface area (Å²) in [6.45, 7) is 2.47. The highest BCUT2D eigenvalue weighted by Gasteiger charge is 2.13. The SMILES string of the molecule is Cc1nn(C)cc1-c1nn(Cc2ccc(F)cc2)cc1N. The van der Waals surface area contributed by atoms with Crippen molar-refractivity contribution >= 4 is 5.69 Å². The second kappa shape index (κ2) is 5.05. The number of aromatic nitrogens is 4. The normalized spacial score (nSPS) is 11.0. The summed E-state index contributed by atoms with van der Waals surface area (Å²) < 4.78 is 16.4. The van der Waals surface area contributed by atoms with E-state index < -0.39 is 0 Å². The third kappa shape index (κ3) is 2.65. The Hall–Kier alpha value is -2.63. The van der Waals surface area contributed by atoms with Crippen molar-refractivity contribution in [3.05, 3.63) is 53.7 Å². The number of nitrogens with two attached hydrogens (primary N) is 1. The van der Waals surface area contributed by atoms with Crippen LogP contribution in [0, 0.1) is 12.7 Å². The van der Waals surface area contributed by atoms with Gasteiger partial charge < -0.3 is 5.73 Å². The first kappa shape index (κ1) is 13.4. The number of aryl methyl sites for hydroxylation is 2. The third-order valence-electron chi connectivity index (χ3n) is 3.32. The molecule has 0 atom stereocenters. The summed E-state index contributed by atoms with van der Waals surface area (Å²) >= 11 is 0. The van der Waals surface area contributed by atoms with E-state index in [1.807, 2.05) is 20.2 Å². The quantitative estimate of drug-likeness (QED) is 0.803. The Morgan fingerprint density at radius 1 is 1.14 bits per heavy atom. The van der Waals surface area contributed by atoms with Gasteiger partial charge in [0.2, 0.25) is 0 Å². The van der Waals surface area contributed by atoms with E-state index in [-0.39, 0.29) is 5.82 Å². The summed E-state index contributed by atoms with van der Waals surface area (Å²) in [5.74, 6) is -0.245. The van der Waals surface area contributed by atoms with Crippen LogP contribution in [0.2, 0.25) is 0 Å². The monoisotopic (exact) mass is 285 g/mol. The lowest BCUT2D eigenvalue weighted by molar-refractivity contribution is 0.624. The lowest BCUT2D eigenvalue weighted by Gasteiger charge is -2.01. The predicted molar refractivity (Wildman–Crippen MR) is 79.1 cm³/mol. The molecule has 0 fully saturated rings. The zero-order valence-corrected chi connectivity index (χ0v) is 11.9. The van der Waals surface area contributed by atoms with E-state index in [0.717, 1.165) is 22.5 Å². The van der Waals surface area contributed by atoms with Crippen molar-refractivity contribution in [1.29, 1.82) is 0 Å². The molecule has 0 bridgehead atoms. The number of rotatable bonds is 3. The molecular weight excluding hydrogens is 269 g/mol. The molecule has 2 N–H and O–H groups in total. The predicted octanol–water partition coefficient (Wildman–Crippen LogP) is 2.36. The van der Waals surface area contributed by atoms with Crippen molar-refractivity contribution in [2.24, 2.45) is 7.05 Å². The van der Waals surface area contributed by atoms with E-state index in [0.29, 0.717) is 12.2 Å². The fourth-order valence-electron chi connectivity index (χ4n) is 2.34. The van der Waals surface area contributed by atoms with Gasteiger partial charge >= 0.3 is 0 Å². The minimum absolute atomic E-state index is 0.245. The van der Waals surface area contributed by atoms with Crippen LogP contribution < -0.4 is 5.73 Å². The molecule has 3 rings (SSSR count). The number of nitrogen functional groups attached to an aromatic ring is 1. The smallest absolute Gasteiger partial charge is 0.123 e. The van der Waals surface area contributed by atoms with Crippen LogP contribution in [-0.2, 0) is 13.6 Å². The number of anilines is 1. The van der Waals surface area contributed by atoms with Gasteiger partial charge in [-0.3, -0.25) is 9.36 Å². The number of hydrogen-bond donors (Lipinski definition) is 1. The van der Waals surface area contributed by atoms with Crippen molar-refractivity contribution in [3.63, 3.8) is 0 Å². The second-order valence-electron chi connectivity index (χ2n) is 5.06. The van der Waals surface area contributed by atoms with Crippen LogP contribution in [0.15, 0.2) is 36.7 Å². The molecule has 0 saturated heterocycles. The molecule has 0 amide bonds. The largest absolute Gasteiger partial charge is 0.396 e. The van der Waals surface area contributed by atoms with Crippen molar-refractivity contribution in [1.82, 2.24) is 19.6 Å². The summed E-state index contributed by atoms with van der Waals surface area (Å²) in [5.41, 5.74) is 10.2. The Morgan fingerprint density at radius 3 is 2.48 bits per heavy atom. The van der Waals surface area contributed by atoms with Crippen LogP contribution in [0.25, 0.3) is 11.3 Å². The first-order chi connectivity index (χ1) is 10.0. The van der Waals surface area contributed by atoms with Crippen LogP contribution in [0.1, 0.15) is 11.3 Å². The fraction of sp³-hybridized carbons (Fsp3) is 0.200. The lowest BCUT2D eigenvalue weighted by atomic mass is 10.2. The van der Waals surface area contributed by atoms with Gasteiger partial charge in [-0.05, 0) is 24.6 Å². The number of halogens is 1. The Labute approximate surface area is 121 Å². The van der Waals surface area contributed by atoms with Gasteiger partial charge in [-0.25, -0.2) is 4.39 Å². The average molecular weight is 285 g/mol. The number of hydrogen-bond acceptors (Lipinski definition) is 3. The van der Waals surface area contributed by atoms with E-state index >= 15 is 0 Å². The topological polar surface area (TPSA) is 61.7 Å². The van der Waals surface area contributed by atoms with Gasteiger partial charge in [0.25, 0.3) is 0 Å². The van der Waals surface area contributed by atoms with Crippen LogP contribution in [0.3, 0.4) is 0 Å². The molecule has 0 spiro atoms. The summed E-state index contributed by atoms with van der Waals surface area (Å²) in [7, 11) is 1.86. The van der Waals surface area contributed by atoms with Gasteiger partial charge in [0.05, 0.1) is 17.9 Å². The molecule has 0 aliphatic heterocycles. The Kier molecular flexibility index (Phi) is 3.21. The van der Waals surface area contributed by atoms with Crippen LogP contribution >= 0.6 is 0 Å². The molecule has 0 aliphatic carbocycles. The van der Waals surface area contributed by atoms with Crippen molar-refractivity contribution in [3.8, 4) is 11.3 Å². The Bertz CT molecular complexity index is 770. The maximum absolute atomic E-state index is 12.9. The molecule has 6 heteroatoms.